The lowest BCUT2D eigenvalue weighted by molar-refractivity contribution is -0.139. The van der Waals surface area contributed by atoms with Crippen LogP contribution in [0.4, 0.5) is 0 Å². The maximum Gasteiger partial charge on any atom is 0.331 e. The van der Waals surface area contributed by atoms with Gasteiger partial charge in [-0.05, 0) is 35.9 Å². The third kappa shape index (κ3) is 3.58. The molecule has 0 bridgehead atoms. The Kier molecular flexibility index (Phi) is 4.25. The molecule has 1 aliphatic heterocycles. The topological polar surface area (TPSA) is 83.9 Å². The Morgan fingerprint density at radius 1 is 1.03 bits per heavy atom. The van der Waals surface area contributed by atoms with E-state index in [1.165, 1.54) is 6.08 Å². The minimum atomic E-state index is -0.490. The van der Waals surface area contributed by atoms with Gasteiger partial charge in [0, 0.05) is 17.5 Å². The highest BCUT2D eigenvalue weighted by molar-refractivity contribution is 5.87. The molecular formula is C22H15NO6. The molecular weight excluding hydrogens is 374 g/mol. The molecule has 0 fully saturated rings. The highest BCUT2D eigenvalue weighted by Gasteiger charge is 2.14. The van der Waals surface area contributed by atoms with Crippen LogP contribution in [0.3, 0.4) is 0 Å². The summed E-state index contributed by atoms with van der Waals surface area (Å²) < 4.78 is 26.8. The molecule has 0 atom stereocenters. The van der Waals surface area contributed by atoms with Crippen molar-refractivity contribution in [2.24, 2.45) is 0 Å². The third-order valence-electron chi connectivity index (χ3n) is 4.40. The smallest absolute Gasteiger partial charge is 0.331 e. The summed E-state index contributed by atoms with van der Waals surface area (Å²) in [6.45, 7) is 0.201. The van der Waals surface area contributed by atoms with E-state index in [4.69, 9.17) is 23.2 Å². The van der Waals surface area contributed by atoms with E-state index >= 15 is 0 Å². The van der Waals surface area contributed by atoms with Crippen LogP contribution in [0.1, 0.15) is 11.3 Å². The summed E-state index contributed by atoms with van der Waals surface area (Å²) in [7, 11) is 0. The average Bonchev–Trinajstić information content (AvgIpc) is 3.48. The SMILES string of the molecule is O=C(/C=C\c1ccc2c(c1)OCO2)OCc1cc(-c2cc3ccccc3o2)on1. The third-order valence-corrected chi connectivity index (χ3v) is 4.40. The second-order valence-corrected chi connectivity index (χ2v) is 6.38. The molecule has 29 heavy (non-hydrogen) atoms. The molecule has 0 N–H and O–H groups in total. The lowest BCUT2D eigenvalue weighted by Gasteiger charge is -1.99. The van der Waals surface area contributed by atoms with Crippen molar-refractivity contribution >= 4 is 23.0 Å². The van der Waals surface area contributed by atoms with Crippen LogP contribution in [0.5, 0.6) is 11.5 Å². The molecule has 0 saturated carbocycles. The highest BCUT2D eigenvalue weighted by Crippen LogP contribution is 2.33. The lowest BCUT2D eigenvalue weighted by atomic mass is 10.2. The molecule has 0 unspecified atom stereocenters. The molecule has 4 aromatic rings. The van der Waals surface area contributed by atoms with Gasteiger partial charge in [0.25, 0.3) is 0 Å². The van der Waals surface area contributed by atoms with E-state index in [0.29, 0.717) is 28.7 Å². The van der Waals surface area contributed by atoms with Crippen molar-refractivity contribution in [3.8, 4) is 23.0 Å². The van der Waals surface area contributed by atoms with E-state index in [9.17, 15) is 4.79 Å². The molecule has 0 saturated heterocycles. The number of carbonyl (C=O) groups is 1. The number of hydrogen-bond donors (Lipinski definition) is 0. The second kappa shape index (κ2) is 7.20. The molecule has 144 valence electrons. The van der Waals surface area contributed by atoms with Gasteiger partial charge in [-0.1, -0.05) is 29.4 Å². The van der Waals surface area contributed by atoms with Gasteiger partial charge in [-0.2, -0.15) is 0 Å². The van der Waals surface area contributed by atoms with Crippen LogP contribution in [0.15, 0.2) is 69.6 Å². The van der Waals surface area contributed by atoms with E-state index in [0.717, 1.165) is 16.5 Å². The van der Waals surface area contributed by atoms with Crippen LogP contribution < -0.4 is 9.47 Å². The Hall–Kier alpha value is -4.00. The van der Waals surface area contributed by atoms with Gasteiger partial charge in [-0.3, -0.25) is 0 Å². The first kappa shape index (κ1) is 17.1. The molecule has 3 heterocycles. The number of furan rings is 1. The van der Waals surface area contributed by atoms with E-state index in [1.54, 1.807) is 24.3 Å². The summed E-state index contributed by atoms with van der Waals surface area (Å²) in [5.41, 5.74) is 2.06. The van der Waals surface area contributed by atoms with Gasteiger partial charge < -0.3 is 23.2 Å². The largest absolute Gasteiger partial charge is 0.456 e. The first-order chi connectivity index (χ1) is 14.2. The summed E-state index contributed by atoms with van der Waals surface area (Å²) >= 11 is 0. The normalized spacial score (nSPS) is 12.7. The molecule has 0 aliphatic carbocycles. The Labute approximate surface area is 165 Å². The number of para-hydroxylation sites is 1. The zero-order valence-corrected chi connectivity index (χ0v) is 15.2. The molecule has 7 heteroatoms. The summed E-state index contributed by atoms with van der Waals surface area (Å²) in [6.07, 6.45) is 2.99. The Bertz CT molecular complexity index is 1190. The van der Waals surface area contributed by atoms with Gasteiger partial charge in [0.15, 0.2) is 17.3 Å². The Balaban J connectivity index is 1.21. The molecule has 0 spiro atoms. The molecule has 5 rings (SSSR count). The average molecular weight is 389 g/mol. The van der Waals surface area contributed by atoms with Gasteiger partial charge >= 0.3 is 5.97 Å². The number of hydrogen-bond acceptors (Lipinski definition) is 7. The number of ether oxygens (including phenoxy) is 3. The fraction of sp³-hybridized carbons (Fsp3) is 0.0909. The number of nitrogens with zero attached hydrogens (tertiary/aromatic N) is 1. The van der Waals surface area contributed by atoms with Gasteiger partial charge in [0.05, 0.1) is 0 Å². The van der Waals surface area contributed by atoms with E-state index in [-0.39, 0.29) is 13.4 Å². The first-order valence-electron chi connectivity index (χ1n) is 8.94. The number of benzene rings is 2. The van der Waals surface area contributed by atoms with Crippen LogP contribution >= 0.6 is 0 Å². The number of rotatable bonds is 5. The van der Waals surface area contributed by atoms with Crippen molar-refractivity contribution in [2.45, 2.75) is 6.61 Å². The standard InChI is InChI=1S/C22H15NO6/c24-22(8-6-14-5-7-18-19(9-14)27-13-26-18)25-12-16-11-21(29-23-16)20-10-15-3-1-2-4-17(15)28-20/h1-11H,12-13H2/b8-6-. The summed E-state index contributed by atoms with van der Waals surface area (Å²) in [6, 6.07) is 16.6. The summed E-state index contributed by atoms with van der Waals surface area (Å²) in [5.74, 6) is 1.90. The van der Waals surface area contributed by atoms with Gasteiger partial charge in [-0.25, -0.2) is 4.79 Å². The van der Waals surface area contributed by atoms with E-state index in [1.807, 2.05) is 36.4 Å². The number of aromatic nitrogens is 1. The van der Waals surface area contributed by atoms with Gasteiger partial charge in [-0.15, -0.1) is 0 Å². The Morgan fingerprint density at radius 2 is 1.93 bits per heavy atom. The second-order valence-electron chi connectivity index (χ2n) is 6.38. The minimum Gasteiger partial charge on any atom is -0.456 e. The van der Waals surface area contributed by atoms with Crippen molar-refractivity contribution in [3.05, 3.63) is 71.9 Å². The summed E-state index contributed by atoms with van der Waals surface area (Å²) in [5, 5.41) is 4.90. The van der Waals surface area contributed by atoms with Crippen molar-refractivity contribution in [1.82, 2.24) is 5.16 Å². The fourth-order valence-electron chi connectivity index (χ4n) is 2.97. The van der Waals surface area contributed by atoms with Crippen molar-refractivity contribution in [1.29, 1.82) is 0 Å². The van der Waals surface area contributed by atoms with Crippen LogP contribution in [0, 0.1) is 0 Å². The zero-order chi connectivity index (χ0) is 19.6. The van der Waals surface area contributed by atoms with Gasteiger partial charge in [0.2, 0.25) is 12.6 Å². The fourth-order valence-corrected chi connectivity index (χ4v) is 2.97. The van der Waals surface area contributed by atoms with Crippen LogP contribution in [-0.2, 0) is 16.1 Å². The molecule has 0 amide bonds. The molecule has 2 aromatic carbocycles. The Morgan fingerprint density at radius 3 is 2.86 bits per heavy atom. The predicted molar refractivity (Wildman–Crippen MR) is 103 cm³/mol. The molecule has 1 aliphatic rings. The predicted octanol–water partition coefficient (Wildman–Crippen LogP) is 4.57. The van der Waals surface area contributed by atoms with Crippen molar-refractivity contribution in [3.63, 3.8) is 0 Å². The molecule has 2 aromatic heterocycles. The zero-order valence-electron chi connectivity index (χ0n) is 15.2. The quantitative estimate of drug-likeness (QED) is 0.365. The van der Waals surface area contributed by atoms with E-state index in [2.05, 4.69) is 5.16 Å². The minimum absolute atomic E-state index is 0.00591. The maximum atomic E-state index is 12.0. The van der Waals surface area contributed by atoms with Crippen molar-refractivity contribution < 1.29 is 27.9 Å². The molecule has 0 radical (unpaired) electrons. The molecule has 7 nitrogen and oxygen atoms in total. The number of fused-ring (bicyclic) bond motifs is 2. The van der Waals surface area contributed by atoms with Crippen LogP contribution in [-0.4, -0.2) is 17.9 Å². The number of carbonyl (C=O) groups excluding carboxylic acids is 1. The van der Waals surface area contributed by atoms with Gasteiger partial charge in [0.1, 0.15) is 17.9 Å². The summed E-state index contributed by atoms with van der Waals surface area (Å²) in [4.78, 5) is 12.0. The number of esters is 1. The highest BCUT2D eigenvalue weighted by atomic mass is 16.7. The lowest BCUT2D eigenvalue weighted by Crippen LogP contribution is -2.00. The monoisotopic (exact) mass is 389 g/mol. The van der Waals surface area contributed by atoms with E-state index < -0.39 is 5.97 Å². The maximum absolute atomic E-state index is 12.0. The van der Waals surface area contributed by atoms with Crippen LogP contribution in [0.25, 0.3) is 28.6 Å². The van der Waals surface area contributed by atoms with Crippen molar-refractivity contribution in [2.75, 3.05) is 6.79 Å². The first-order valence-corrected chi connectivity index (χ1v) is 8.94. The van der Waals surface area contributed by atoms with Crippen LogP contribution in [0.2, 0.25) is 0 Å².